The average molecular weight is 287 g/mol. The number of hydrogen-bond donors (Lipinski definition) is 0. The summed E-state index contributed by atoms with van der Waals surface area (Å²) in [5, 5.41) is 8.22. The fourth-order valence-electron chi connectivity index (χ4n) is 2.50. The van der Waals surface area contributed by atoms with E-state index in [2.05, 4.69) is 10.2 Å². The fraction of sp³-hybridized carbons (Fsp3) is 0.400. The zero-order chi connectivity index (χ0) is 14.7. The molecule has 110 valence electrons. The van der Waals surface area contributed by atoms with Gasteiger partial charge in [-0.05, 0) is 18.6 Å². The maximum absolute atomic E-state index is 11.8. The zero-order valence-corrected chi connectivity index (χ0v) is 11.9. The van der Waals surface area contributed by atoms with E-state index in [1.807, 2.05) is 30.3 Å². The molecule has 1 saturated heterocycles. The van der Waals surface area contributed by atoms with Crippen molar-refractivity contribution in [2.24, 2.45) is 0 Å². The van der Waals surface area contributed by atoms with E-state index in [1.54, 1.807) is 4.90 Å². The van der Waals surface area contributed by atoms with Crippen LogP contribution in [0.1, 0.15) is 18.2 Å². The van der Waals surface area contributed by atoms with Crippen LogP contribution < -0.4 is 0 Å². The highest BCUT2D eigenvalue weighted by atomic mass is 16.5. The molecule has 2 aromatic rings. The molecule has 0 unspecified atom stereocenters. The Labute approximate surface area is 122 Å². The van der Waals surface area contributed by atoms with Crippen LogP contribution in [0.4, 0.5) is 0 Å². The van der Waals surface area contributed by atoms with Crippen LogP contribution in [0.2, 0.25) is 0 Å². The summed E-state index contributed by atoms with van der Waals surface area (Å²) in [4.78, 5) is 13.6. The lowest BCUT2D eigenvalue weighted by molar-refractivity contribution is -0.134. The van der Waals surface area contributed by atoms with E-state index in [-0.39, 0.29) is 18.4 Å². The van der Waals surface area contributed by atoms with Gasteiger partial charge >= 0.3 is 0 Å². The van der Waals surface area contributed by atoms with Crippen LogP contribution in [0.15, 0.2) is 34.7 Å². The molecule has 1 amide bonds. The van der Waals surface area contributed by atoms with Gasteiger partial charge in [0, 0.05) is 25.8 Å². The molecular formula is C15H17N3O3. The molecule has 0 aliphatic carbocycles. The average Bonchev–Trinajstić information content (AvgIpc) is 3.17. The van der Waals surface area contributed by atoms with E-state index in [0.717, 1.165) is 12.0 Å². The van der Waals surface area contributed by atoms with E-state index in [4.69, 9.17) is 9.15 Å². The van der Waals surface area contributed by atoms with E-state index >= 15 is 0 Å². The second kappa shape index (κ2) is 6.05. The van der Waals surface area contributed by atoms with Gasteiger partial charge in [0.05, 0.1) is 5.92 Å². The van der Waals surface area contributed by atoms with Gasteiger partial charge in [0.1, 0.15) is 6.61 Å². The molecule has 6 heteroatoms. The van der Waals surface area contributed by atoms with Crippen LogP contribution in [0.25, 0.3) is 11.5 Å². The third kappa shape index (κ3) is 2.95. The molecule has 0 bridgehead atoms. The Kier molecular flexibility index (Phi) is 3.96. The van der Waals surface area contributed by atoms with Crippen LogP contribution >= 0.6 is 0 Å². The molecule has 0 radical (unpaired) electrons. The lowest BCUT2D eigenvalue weighted by Gasteiger charge is -2.14. The lowest BCUT2D eigenvalue weighted by atomic mass is 10.1. The van der Waals surface area contributed by atoms with Crippen molar-refractivity contribution in [3.8, 4) is 11.5 Å². The molecule has 2 heterocycles. The fourth-order valence-corrected chi connectivity index (χ4v) is 2.50. The van der Waals surface area contributed by atoms with Gasteiger partial charge in [-0.2, -0.15) is 0 Å². The summed E-state index contributed by atoms with van der Waals surface area (Å²) in [5.41, 5.74) is 0.904. The number of hydrogen-bond acceptors (Lipinski definition) is 5. The number of nitrogens with zero attached hydrogens (tertiary/aromatic N) is 3. The third-order valence-electron chi connectivity index (χ3n) is 3.62. The highest BCUT2D eigenvalue weighted by molar-refractivity contribution is 5.77. The molecule has 6 nitrogen and oxygen atoms in total. The maximum atomic E-state index is 11.8. The molecule has 0 spiro atoms. The topological polar surface area (TPSA) is 68.5 Å². The molecule has 1 aromatic carbocycles. The smallest absolute Gasteiger partial charge is 0.248 e. The number of amides is 1. The summed E-state index contributed by atoms with van der Waals surface area (Å²) < 4.78 is 10.6. The van der Waals surface area contributed by atoms with Gasteiger partial charge in [0.25, 0.3) is 0 Å². The molecule has 3 rings (SSSR count). The van der Waals surface area contributed by atoms with Crippen LogP contribution in [0.5, 0.6) is 0 Å². The molecular weight excluding hydrogens is 270 g/mol. The largest absolute Gasteiger partial charge is 0.420 e. The Balaban J connectivity index is 1.69. The first-order valence-electron chi connectivity index (χ1n) is 6.93. The first-order valence-corrected chi connectivity index (χ1v) is 6.93. The zero-order valence-electron chi connectivity index (χ0n) is 11.9. The monoisotopic (exact) mass is 287 g/mol. The molecule has 1 aromatic heterocycles. The Bertz CT molecular complexity index is 612. The quantitative estimate of drug-likeness (QED) is 0.856. The molecule has 1 fully saturated rings. The summed E-state index contributed by atoms with van der Waals surface area (Å²) in [7, 11) is 1.52. The minimum absolute atomic E-state index is 0.00259. The highest BCUT2D eigenvalue weighted by Gasteiger charge is 2.30. The standard InChI is InChI=1S/C15H17N3O3/c1-20-10-13(19)18-8-7-12(9-18)15-17-16-14(21-15)11-5-3-2-4-6-11/h2-6,12H,7-10H2,1H3/t12-/m0/s1. The van der Waals surface area contributed by atoms with Crippen molar-refractivity contribution in [3.63, 3.8) is 0 Å². The van der Waals surface area contributed by atoms with Gasteiger partial charge in [-0.25, -0.2) is 0 Å². The van der Waals surface area contributed by atoms with Gasteiger partial charge in [0.15, 0.2) is 0 Å². The normalized spacial score (nSPS) is 18.1. The molecule has 1 atom stereocenters. The predicted molar refractivity (Wildman–Crippen MR) is 75.5 cm³/mol. The second-order valence-electron chi connectivity index (χ2n) is 5.07. The number of methoxy groups -OCH3 is 1. The first-order chi connectivity index (χ1) is 10.3. The van der Waals surface area contributed by atoms with Crippen LogP contribution in [-0.2, 0) is 9.53 Å². The van der Waals surface area contributed by atoms with Gasteiger partial charge in [-0.1, -0.05) is 18.2 Å². The number of likely N-dealkylation sites (tertiary alicyclic amines) is 1. The number of aromatic nitrogens is 2. The number of rotatable bonds is 4. The van der Waals surface area contributed by atoms with Crippen LogP contribution in [0, 0.1) is 0 Å². The minimum Gasteiger partial charge on any atom is -0.420 e. The van der Waals surface area contributed by atoms with Crippen molar-refractivity contribution in [3.05, 3.63) is 36.2 Å². The van der Waals surface area contributed by atoms with Crippen molar-refractivity contribution in [2.45, 2.75) is 12.3 Å². The van der Waals surface area contributed by atoms with E-state index in [0.29, 0.717) is 24.9 Å². The van der Waals surface area contributed by atoms with Crippen molar-refractivity contribution < 1.29 is 13.9 Å². The first kappa shape index (κ1) is 13.8. The van der Waals surface area contributed by atoms with Crippen molar-refractivity contribution in [2.75, 3.05) is 26.8 Å². The summed E-state index contributed by atoms with van der Waals surface area (Å²) >= 11 is 0. The predicted octanol–water partition coefficient (Wildman–Crippen LogP) is 1.70. The van der Waals surface area contributed by atoms with Crippen molar-refractivity contribution in [1.29, 1.82) is 0 Å². The summed E-state index contributed by atoms with van der Waals surface area (Å²) in [5.74, 6) is 1.23. The Morgan fingerprint density at radius 1 is 1.38 bits per heavy atom. The van der Waals surface area contributed by atoms with Crippen LogP contribution in [-0.4, -0.2) is 47.8 Å². The molecule has 1 aliphatic heterocycles. The molecule has 0 N–H and O–H groups in total. The lowest BCUT2D eigenvalue weighted by Crippen LogP contribution is -2.31. The number of carbonyl (C=O) groups excluding carboxylic acids is 1. The van der Waals surface area contributed by atoms with Crippen LogP contribution in [0.3, 0.4) is 0 Å². The van der Waals surface area contributed by atoms with Gasteiger partial charge in [-0.3, -0.25) is 4.79 Å². The molecule has 0 saturated carbocycles. The van der Waals surface area contributed by atoms with E-state index < -0.39 is 0 Å². The number of benzene rings is 1. The van der Waals surface area contributed by atoms with Crippen molar-refractivity contribution >= 4 is 5.91 Å². The second-order valence-corrected chi connectivity index (χ2v) is 5.07. The van der Waals surface area contributed by atoms with Gasteiger partial charge in [0.2, 0.25) is 17.7 Å². The number of carbonyl (C=O) groups is 1. The van der Waals surface area contributed by atoms with Gasteiger partial charge in [-0.15, -0.1) is 10.2 Å². The Morgan fingerprint density at radius 2 is 2.19 bits per heavy atom. The summed E-state index contributed by atoms with van der Waals surface area (Å²) in [6, 6.07) is 9.66. The molecule has 21 heavy (non-hydrogen) atoms. The molecule has 1 aliphatic rings. The number of ether oxygens (including phenoxy) is 1. The van der Waals surface area contributed by atoms with E-state index in [9.17, 15) is 4.79 Å². The third-order valence-corrected chi connectivity index (χ3v) is 3.62. The Morgan fingerprint density at radius 3 is 2.95 bits per heavy atom. The summed E-state index contributed by atoms with van der Waals surface area (Å²) in [6.45, 7) is 1.43. The SMILES string of the molecule is COCC(=O)N1CC[C@H](c2nnc(-c3ccccc3)o2)C1. The van der Waals surface area contributed by atoms with Gasteiger partial charge < -0.3 is 14.1 Å². The van der Waals surface area contributed by atoms with Crippen molar-refractivity contribution in [1.82, 2.24) is 15.1 Å². The Hall–Kier alpha value is -2.21. The maximum Gasteiger partial charge on any atom is 0.248 e. The summed E-state index contributed by atoms with van der Waals surface area (Å²) in [6.07, 6.45) is 0.839. The van der Waals surface area contributed by atoms with E-state index in [1.165, 1.54) is 7.11 Å². The highest BCUT2D eigenvalue weighted by Crippen LogP contribution is 2.28. The minimum atomic E-state index is 0.00259.